The van der Waals surface area contributed by atoms with Crippen molar-refractivity contribution in [2.75, 3.05) is 12.4 Å². The lowest BCUT2D eigenvalue weighted by molar-refractivity contribution is 0.0602. The first-order valence-corrected chi connectivity index (χ1v) is 6.45. The summed E-state index contributed by atoms with van der Waals surface area (Å²) in [6, 6.07) is 10.3. The lowest BCUT2D eigenvalue weighted by atomic mass is 10.1. The van der Waals surface area contributed by atoms with Gasteiger partial charge in [0.25, 0.3) is 5.91 Å². The number of esters is 1. The lowest BCUT2D eigenvalue weighted by Crippen LogP contribution is -2.17. The van der Waals surface area contributed by atoms with Crippen LogP contribution in [0.25, 0.3) is 0 Å². The fourth-order valence-electron chi connectivity index (χ4n) is 2.02. The zero-order chi connectivity index (χ0) is 15.4. The van der Waals surface area contributed by atoms with E-state index in [2.05, 4.69) is 10.3 Å². The molecule has 0 spiro atoms. The molecule has 0 aliphatic rings. The molecule has 5 heteroatoms. The van der Waals surface area contributed by atoms with Gasteiger partial charge >= 0.3 is 5.97 Å². The fourth-order valence-corrected chi connectivity index (χ4v) is 2.02. The normalized spacial score (nSPS) is 10.0. The quantitative estimate of drug-likeness (QED) is 0.880. The number of para-hydroxylation sites is 1. The third-order valence-electron chi connectivity index (χ3n) is 2.91. The maximum absolute atomic E-state index is 12.3. The van der Waals surface area contributed by atoms with Gasteiger partial charge in [-0.05, 0) is 43.7 Å². The standard InChI is InChI=1S/C16H16N2O3/c1-10-8-11(2)17-14(9-10)15(19)18-13-7-5-4-6-12(13)16(20)21-3/h4-9H,1-3H3,(H,18,19). The molecule has 1 heterocycles. The van der Waals surface area contributed by atoms with Gasteiger partial charge in [0.2, 0.25) is 0 Å². The number of nitrogens with one attached hydrogen (secondary N) is 1. The van der Waals surface area contributed by atoms with Crippen molar-refractivity contribution in [3.63, 3.8) is 0 Å². The van der Waals surface area contributed by atoms with Crippen LogP contribution < -0.4 is 5.32 Å². The highest BCUT2D eigenvalue weighted by Gasteiger charge is 2.15. The van der Waals surface area contributed by atoms with Crippen molar-refractivity contribution >= 4 is 17.6 Å². The minimum Gasteiger partial charge on any atom is -0.465 e. The van der Waals surface area contributed by atoms with Crippen LogP contribution in [0.3, 0.4) is 0 Å². The van der Waals surface area contributed by atoms with Crippen LogP contribution in [0.4, 0.5) is 5.69 Å². The molecule has 0 saturated heterocycles. The van der Waals surface area contributed by atoms with E-state index in [9.17, 15) is 9.59 Å². The number of pyridine rings is 1. The summed E-state index contributed by atoms with van der Waals surface area (Å²) in [5.74, 6) is -0.863. The van der Waals surface area contributed by atoms with Crippen LogP contribution in [-0.4, -0.2) is 24.0 Å². The third-order valence-corrected chi connectivity index (χ3v) is 2.91. The number of benzene rings is 1. The van der Waals surface area contributed by atoms with Gasteiger partial charge in [-0.2, -0.15) is 0 Å². The van der Waals surface area contributed by atoms with Crippen molar-refractivity contribution in [2.45, 2.75) is 13.8 Å². The second-order valence-corrected chi connectivity index (χ2v) is 4.66. The molecule has 1 N–H and O–H groups in total. The Morgan fingerprint density at radius 2 is 1.86 bits per heavy atom. The molecule has 0 aliphatic heterocycles. The minimum atomic E-state index is -0.501. The molecular weight excluding hydrogens is 268 g/mol. The summed E-state index contributed by atoms with van der Waals surface area (Å²) in [6.45, 7) is 3.72. The van der Waals surface area contributed by atoms with Gasteiger partial charge in [0.05, 0.1) is 18.4 Å². The molecule has 2 rings (SSSR count). The van der Waals surface area contributed by atoms with E-state index in [0.29, 0.717) is 16.9 Å². The maximum Gasteiger partial charge on any atom is 0.339 e. The molecule has 2 aromatic rings. The highest BCUT2D eigenvalue weighted by molar-refractivity contribution is 6.07. The molecule has 108 valence electrons. The van der Waals surface area contributed by atoms with Crippen LogP contribution in [-0.2, 0) is 4.74 Å². The Labute approximate surface area is 123 Å². The van der Waals surface area contributed by atoms with Crippen molar-refractivity contribution in [1.82, 2.24) is 4.98 Å². The lowest BCUT2D eigenvalue weighted by Gasteiger charge is -2.10. The topological polar surface area (TPSA) is 68.3 Å². The van der Waals surface area contributed by atoms with Crippen molar-refractivity contribution in [2.24, 2.45) is 0 Å². The van der Waals surface area contributed by atoms with E-state index < -0.39 is 5.97 Å². The van der Waals surface area contributed by atoms with E-state index in [-0.39, 0.29) is 5.91 Å². The summed E-state index contributed by atoms with van der Waals surface area (Å²) in [6.07, 6.45) is 0. The molecule has 0 saturated carbocycles. The van der Waals surface area contributed by atoms with Gasteiger partial charge in [-0.1, -0.05) is 12.1 Å². The number of rotatable bonds is 3. The van der Waals surface area contributed by atoms with Crippen molar-refractivity contribution in [1.29, 1.82) is 0 Å². The maximum atomic E-state index is 12.3. The molecule has 0 aliphatic carbocycles. The van der Waals surface area contributed by atoms with Crippen LogP contribution in [0.2, 0.25) is 0 Å². The first kappa shape index (κ1) is 14.7. The Balaban J connectivity index is 2.30. The van der Waals surface area contributed by atoms with Crippen LogP contribution in [0.15, 0.2) is 36.4 Å². The van der Waals surface area contributed by atoms with Gasteiger partial charge < -0.3 is 10.1 Å². The molecule has 21 heavy (non-hydrogen) atoms. The molecule has 0 fully saturated rings. The van der Waals surface area contributed by atoms with Crippen molar-refractivity contribution in [3.05, 3.63) is 58.9 Å². The van der Waals surface area contributed by atoms with Crippen LogP contribution >= 0.6 is 0 Å². The Hall–Kier alpha value is -2.69. The number of ether oxygens (including phenoxy) is 1. The SMILES string of the molecule is COC(=O)c1ccccc1NC(=O)c1cc(C)cc(C)n1. The molecule has 0 atom stereocenters. The van der Waals surface area contributed by atoms with Crippen LogP contribution in [0, 0.1) is 13.8 Å². The molecule has 1 aromatic heterocycles. The summed E-state index contributed by atoms with van der Waals surface area (Å²) in [5.41, 5.74) is 2.73. The van der Waals surface area contributed by atoms with Gasteiger partial charge in [0, 0.05) is 5.69 Å². The van der Waals surface area contributed by atoms with E-state index in [0.717, 1.165) is 11.3 Å². The fraction of sp³-hybridized carbons (Fsp3) is 0.188. The number of hydrogen-bond donors (Lipinski definition) is 1. The number of carbonyl (C=O) groups excluding carboxylic acids is 2. The predicted molar refractivity (Wildman–Crippen MR) is 79.4 cm³/mol. The number of hydrogen-bond acceptors (Lipinski definition) is 4. The Morgan fingerprint density at radius 1 is 1.14 bits per heavy atom. The number of anilines is 1. The van der Waals surface area contributed by atoms with Gasteiger partial charge in [-0.3, -0.25) is 4.79 Å². The van der Waals surface area contributed by atoms with Gasteiger partial charge in [0.1, 0.15) is 5.69 Å². The summed E-state index contributed by atoms with van der Waals surface area (Å²) >= 11 is 0. The predicted octanol–water partition coefficient (Wildman–Crippen LogP) is 2.74. The number of aromatic nitrogens is 1. The van der Waals surface area contributed by atoms with Crippen LogP contribution in [0.1, 0.15) is 32.1 Å². The van der Waals surface area contributed by atoms with Crippen molar-refractivity contribution in [3.8, 4) is 0 Å². The summed E-state index contributed by atoms with van der Waals surface area (Å²) < 4.78 is 4.70. The summed E-state index contributed by atoms with van der Waals surface area (Å²) in [7, 11) is 1.30. The van der Waals surface area contributed by atoms with E-state index in [1.165, 1.54) is 7.11 Å². The summed E-state index contributed by atoms with van der Waals surface area (Å²) in [4.78, 5) is 28.1. The van der Waals surface area contributed by atoms with Gasteiger partial charge in [0.15, 0.2) is 0 Å². The Bertz CT molecular complexity index is 675. The molecule has 1 aromatic carbocycles. The zero-order valence-corrected chi connectivity index (χ0v) is 12.1. The van der Waals surface area contributed by atoms with Gasteiger partial charge in [-0.15, -0.1) is 0 Å². The van der Waals surface area contributed by atoms with E-state index in [4.69, 9.17) is 4.74 Å². The molecular formula is C16H16N2O3. The number of aryl methyl sites for hydroxylation is 2. The first-order chi connectivity index (χ1) is 10.0. The second kappa shape index (κ2) is 6.17. The highest BCUT2D eigenvalue weighted by Crippen LogP contribution is 2.17. The monoisotopic (exact) mass is 284 g/mol. The van der Waals surface area contributed by atoms with Gasteiger partial charge in [-0.25, -0.2) is 9.78 Å². The summed E-state index contributed by atoms with van der Waals surface area (Å²) in [5, 5.41) is 2.69. The average Bonchev–Trinajstić information content (AvgIpc) is 2.46. The minimum absolute atomic E-state index is 0.303. The molecule has 0 unspecified atom stereocenters. The third kappa shape index (κ3) is 3.45. The highest BCUT2D eigenvalue weighted by atomic mass is 16.5. The van der Waals surface area contributed by atoms with Crippen molar-refractivity contribution < 1.29 is 14.3 Å². The van der Waals surface area contributed by atoms with E-state index >= 15 is 0 Å². The average molecular weight is 284 g/mol. The number of methoxy groups -OCH3 is 1. The van der Waals surface area contributed by atoms with E-state index in [1.807, 2.05) is 19.9 Å². The molecule has 0 bridgehead atoms. The molecule has 0 radical (unpaired) electrons. The Kier molecular flexibility index (Phi) is 4.33. The molecule has 1 amide bonds. The molecule has 5 nitrogen and oxygen atoms in total. The number of nitrogens with zero attached hydrogens (tertiary/aromatic N) is 1. The zero-order valence-electron chi connectivity index (χ0n) is 12.1. The second-order valence-electron chi connectivity index (χ2n) is 4.66. The largest absolute Gasteiger partial charge is 0.465 e. The Morgan fingerprint density at radius 3 is 2.52 bits per heavy atom. The van der Waals surface area contributed by atoms with E-state index in [1.54, 1.807) is 30.3 Å². The number of carbonyl (C=O) groups is 2. The first-order valence-electron chi connectivity index (χ1n) is 6.45. The van der Waals surface area contributed by atoms with Crippen LogP contribution in [0.5, 0.6) is 0 Å². The smallest absolute Gasteiger partial charge is 0.339 e. The number of amides is 1.